The largest absolute Gasteiger partial charge is 0.321 e. The highest BCUT2D eigenvalue weighted by Gasteiger charge is 2.12. The fraction of sp³-hybridized carbons (Fsp3) is 0.0714. The van der Waals surface area contributed by atoms with Crippen LogP contribution in [-0.4, -0.2) is 25.9 Å². The van der Waals surface area contributed by atoms with Crippen molar-refractivity contribution in [1.82, 2.24) is 20.0 Å². The Kier molecular flexibility index (Phi) is 4.44. The quantitative estimate of drug-likeness (QED) is 0.628. The first kappa shape index (κ1) is 15.0. The first-order valence-electron chi connectivity index (χ1n) is 6.39. The molecule has 8 heteroatoms. The van der Waals surface area contributed by atoms with E-state index in [0.29, 0.717) is 22.9 Å². The zero-order valence-corrected chi connectivity index (χ0v) is 14.2. The molecule has 1 aromatic carbocycles. The van der Waals surface area contributed by atoms with E-state index in [4.69, 9.17) is 11.6 Å². The number of aromatic amines is 1. The van der Waals surface area contributed by atoms with Gasteiger partial charge in [0.15, 0.2) is 0 Å². The average Bonchev–Trinajstić information content (AvgIpc) is 3.08. The molecule has 0 aliphatic carbocycles. The average molecular weight is 428 g/mol. The van der Waals surface area contributed by atoms with Gasteiger partial charge in [0.25, 0.3) is 5.91 Å². The molecule has 3 rings (SSSR count). The molecule has 0 atom stereocenters. The van der Waals surface area contributed by atoms with Crippen LogP contribution in [0.4, 0.5) is 5.69 Å². The Bertz CT molecular complexity index is 813. The van der Waals surface area contributed by atoms with E-state index in [1.54, 1.807) is 23.3 Å². The van der Waals surface area contributed by atoms with Gasteiger partial charge in [-0.3, -0.25) is 14.6 Å². The van der Waals surface area contributed by atoms with Gasteiger partial charge in [-0.05, 0) is 40.3 Å². The maximum absolute atomic E-state index is 12.1. The summed E-state index contributed by atoms with van der Waals surface area (Å²) in [7, 11) is 0. The van der Waals surface area contributed by atoms with Crippen molar-refractivity contribution in [3.8, 4) is 0 Å². The van der Waals surface area contributed by atoms with Crippen molar-refractivity contribution in [2.75, 3.05) is 5.32 Å². The molecule has 0 aliphatic heterocycles. The molecule has 0 spiro atoms. The van der Waals surface area contributed by atoms with Crippen molar-refractivity contribution in [3.05, 3.63) is 62.7 Å². The van der Waals surface area contributed by atoms with E-state index in [9.17, 15) is 4.79 Å². The van der Waals surface area contributed by atoms with Gasteiger partial charge in [-0.15, -0.1) is 0 Å². The number of nitrogens with one attached hydrogen (secondary N) is 2. The fourth-order valence-corrected chi connectivity index (χ4v) is 2.64. The summed E-state index contributed by atoms with van der Waals surface area (Å²) in [5.41, 5.74) is 2.17. The fourth-order valence-electron chi connectivity index (χ4n) is 1.98. The predicted molar refractivity (Wildman–Crippen MR) is 92.0 cm³/mol. The molecule has 0 bridgehead atoms. The Balaban J connectivity index is 1.74. The van der Waals surface area contributed by atoms with Crippen LogP contribution >= 0.6 is 34.2 Å². The number of benzene rings is 1. The van der Waals surface area contributed by atoms with Crippen LogP contribution in [0.1, 0.15) is 16.1 Å². The van der Waals surface area contributed by atoms with E-state index in [2.05, 4.69) is 43.2 Å². The summed E-state index contributed by atoms with van der Waals surface area (Å²) in [4.78, 5) is 12.1. The third kappa shape index (κ3) is 3.47. The second-order valence-electron chi connectivity index (χ2n) is 4.60. The second-order valence-corrected chi connectivity index (χ2v) is 6.20. The third-order valence-corrected chi connectivity index (χ3v) is 3.96. The highest BCUT2D eigenvalue weighted by molar-refractivity contribution is 14.1. The van der Waals surface area contributed by atoms with Crippen molar-refractivity contribution in [3.63, 3.8) is 0 Å². The van der Waals surface area contributed by atoms with Gasteiger partial charge in [0.05, 0.1) is 27.5 Å². The van der Waals surface area contributed by atoms with Gasteiger partial charge in [-0.25, -0.2) is 0 Å². The van der Waals surface area contributed by atoms with Crippen LogP contribution in [0, 0.1) is 3.57 Å². The van der Waals surface area contributed by atoms with E-state index in [1.807, 2.05) is 24.3 Å². The zero-order valence-electron chi connectivity index (χ0n) is 11.3. The molecule has 2 heterocycles. The first-order chi connectivity index (χ1) is 10.6. The SMILES string of the molecule is O=C(Nc1cccc(Cn2cc(Cl)cn2)c1)c1[nH]ncc1I. The Morgan fingerprint density at radius 3 is 2.95 bits per heavy atom. The Morgan fingerprint density at radius 2 is 2.27 bits per heavy atom. The molecule has 0 radical (unpaired) electrons. The molecule has 0 saturated heterocycles. The lowest BCUT2D eigenvalue weighted by Gasteiger charge is -2.07. The molecule has 2 aromatic heterocycles. The lowest BCUT2D eigenvalue weighted by Crippen LogP contribution is -2.14. The lowest BCUT2D eigenvalue weighted by atomic mass is 10.2. The summed E-state index contributed by atoms with van der Waals surface area (Å²) < 4.78 is 2.51. The molecule has 0 unspecified atom stereocenters. The number of aromatic nitrogens is 4. The molecule has 2 N–H and O–H groups in total. The van der Waals surface area contributed by atoms with Crippen LogP contribution in [0.3, 0.4) is 0 Å². The maximum atomic E-state index is 12.1. The molecule has 0 fully saturated rings. The van der Waals surface area contributed by atoms with Gasteiger partial charge in [-0.2, -0.15) is 10.2 Å². The summed E-state index contributed by atoms with van der Waals surface area (Å²) in [6.07, 6.45) is 4.94. The number of halogens is 2. The molecule has 0 aliphatic rings. The van der Waals surface area contributed by atoms with Crippen molar-refractivity contribution in [1.29, 1.82) is 0 Å². The van der Waals surface area contributed by atoms with Gasteiger partial charge in [0.2, 0.25) is 0 Å². The number of hydrogen-bond donors (Lipinski definition) is 2. The summed E-state index contributed by atoms with van der Waals surface area (Å²) >= 11 is 7.91. The standard InChI is InChI=1S/C14H11ClIN5O/c15-10-5-18-21(8-10)7-9-2-1-3-11(4-9)19-14(22)13-12(16)6-17-20-13/h1-6,8H,7H2,(H,17,20)(H,19,22). The maximum Gasteiger partial charge on any atom is 0.274 e. The minimum Gasteiger partial charge on any atom is -0.321 e. The molecule has 3 aromatic rings. The highest BCUT2D eigenvalue weighted by Crippen LogP contribution is 2.15. The van der Waals surface area contributed by atoms with Crippen LogP contribution in [0.2, 0.25) is 5.02 Å². The predicted octanol–water partition coefficient (Wildman–Crippen LogP) is 3.16. The second kappa shape index (κ2) is 6.49. The molecule has 22 heavy (non-hydrogen) atoms. The third-order valence-electron chi connectivity index (χ3n) is 2.95. The molecule has 0 saturated carbocycles. The van der Waals surface area contributed by atoms with Crippen molar-refractivity contribution in [2.24, 2.45) is 0 Å². The van der Waals surface area contributed by atoms with E-state index in [0.717, 1.165) is 9.13 Å². The smallest absolute Gasteiger partial charge is 0.274 e. The lowest BCUT2D eigenvalue weighted by molar-refractivity contribution is 0.102. The van der Waals surface area contributed by atoms with E-state index in [1.165, 1.54) is 0 Å². The number of rotatable bonds is 4. The number of carbonyl (C=O) groups excluding carboxylic acids is 1. The van der Waals surface area contributed by atoms with E-state index < -0.39 is 0 Å². The van der Waals surface area contributed by atoms with Crippen molar-refractivity contribution >= 4 is 45.8 Å². The number of nitrogens with zero attached hydrogens (tertiary/aromatic N) is 3. The number of H-pyrrole nitrogens is 1. The number of amides is 1. The van der Waals surface area contributed by atoms with Crippen LogP contribution in [-0.2, 0) is 6.54 Å². The molecule has 1 amide bonds. The Hall–Kier alpha value is -1.87. The first-order valence-corrected chi connectivity index (χ1v) is 7.84. The number of hydrogen-bond acceptors (Lipinski definition) is 3. The summed E-state index contributed by atoms with van der Waals surface area (Å²) in [6.45, 7) is 0.581. The van der Waals surface area contributed by atoms with Crippen molar-refractivity contribution < 1.29 is 4.79 Å². The van der Waals surface area contributed by atoms with Crippen LogP contribution in [0.25, 0.3) is 0 Å². The van der Waals surface area contributed by atoms with E-state index >= 15 is 0 Å². The summed E-state index contributed by atoms with van der Waals surface area (Å²) in [6, 6.07) is 7.58. The van der Waals surface area contributed by atoms with Gasteiger partial charge >= 0.3 is 0 Å². The topological polar surface area (TPSA) is 75.6 Å². The molecular formula is C14H11ClIN5O. The number of carbonyl (C=O) groups is 1. The Morgan fingerprint density at radius 1 is 1.41 bits per heavy atom. The van der Waals surface area contributed by atoms with Gasteiger partial charge < -0.3 is 5.32 Å². The van der Waals surface area contributed by atoms with Crippen LogP contribution in [0.15, 0.2) is 42.9 Å². The number of anilines is 1. The van der Waals surface area contributed by atoms with Crippen LogP contribution < -0.4 is 5.32 Å². The summed E-state index contributed by atoms with van der Waals surface area (Å²) in [5.74, 6) is -0.221. The van der Waals surface area contributed by atoms with Crippen LogP contribution in [0.5, 0.6) is 0 Å². The molecule has 6 nitrogen and oxygen atoms in total. The van der Waals surface area contributed by atoms with E-state index in [-0.39, 0.29) is 5.91 Å². The van der Waals surface area contributed by atoms with Crippen molar-refractivity contribution in [2.45, 2.75) is 6.54 Å². The van der Waals surface area contributed by atoms with Gasteiger partial charge in [-0.1, -0.05) is 23.7 Å². The Labute approximate surface area is 145 Å². The monoisotopic (exact) mass is 427 g/mol. The minimum absolute atomic E-state index is 0.221. The normalized spacial score (nSPS) is 10.6. The highest BCUT2D eigenvalue weighted by atomic mass is 127. The zero-order chi connectivity index (χ0) is 15.5. The molecular weight excluding hydrogens is 417 g/mol. The van der Waals surface area contributed by atoms with Gasteiger partial charge in [0, 0.05) is 11.9 Å². The molecule has 112 valence electrons. The minimum atomic E-state index is -0.221. The summed E-state index contributed by atoms with van der Waals surface area (Å²) in [5, 5.41) is 14.1. The van der Waals surface area contributed by atoms with Gasteiger partial charge in [0.1, 0.15) is 5.69 Å².